The molecule has 0 N–H and O–H groups in total. The third kappa shape index (κ3) is 3.67. The van der Waals surface area contributed by atoms with Gasteiger partial charge in [-0.2, -0.15) is 4.57 Å². The summed E-state index contributed by atoms with van der Waals surface area (Å²) in [5.74, 6) is 0. The quantitative estimate of drug-likeness (QED) is 0.206. The van der Waals surface area contributed by atoms with Crippen molar-refractivity contribution in [3.8, 4) is 5.69 Å². The van der Waals surface area contributed by atoms with Gasteiger partial charge in [-0.3, -0.25) is 0 Å². The molecular formula is C31H30N3O2+. The Morgan fingerprint density at radius 3 is 1.97 bits per heavy atom. The number of pyridine rings is 1. The van der Waals surface area contributed by atoms with Crippen molar-refractivity contribution in [2.45, 2.75) is 0 Å². The number of fused-ring (bicyclic) bond motifs is 4. The molecule has 2 fully saturated rings. The fourth-order valence-corrected chi connectivity index (χ4v) is 5.77. The zero-order chi connectivity index (χ0) is 23.9. The molecule has 36 heavy (non-hydrogen) atoms. The van der Waals surface area contributed by atoms with Crippen LogP contribution in [0.3, 0.4) is 0 Å². The molecule has 2 aliphatic heterocycles. The zero-order valence-electron chi connectivity index (χ0n) is 20.4. The SMILES string of the molecule is c1ccc(-[n+]2c3cc(N4CCOCC4)ccc3cc3c4ccccc4c(N4CCOCC4)cc32)cc1. The number of para-hydroxylation sites is 1. The Balaban J connectivity index is 1.56. The van der Waals surface area contributed by atoms with Crippen LogP contribution in [0, 0.1) is 0 Å². The van der Waals surface area contributed by atoms with Crippen LogP contribution >= 0.6 is 0 Å². The van der Waals surface area contributed by atoms with E-state index in [4.69, 9.17) is 9.47 Å². The molecule has 3 heterocycles. The molecule has 5 aromatic rings. The number of nitrogens with zero attached hydrogens (tertiary/aromatic N) is 3. The van der Waals surface area contributed by atoms with Crippen molar-refractivity contribution in [2.75, 3.05) is 62.4 Å². The van der Waals surface area contributed by atoms with Crippen LogP contribution in [-0.4, -0.2) is 52.6 Å². The van der Waals surface area contributed by atoms with Crippen LogP contribution in [-0.2, 0) is 9.47 Å². The first kappa shape index (κ1) is 21.6. The van der Waals surface area contributed by atoms with Gasteiger partial charge in [-0.15, -0.1) is 0 Å². The molecule has 1 aromatic heterocycles. The third-order valence-electron chi connectivity index (χ3n) is 7.58. The molecule has 2 aliphatic rings. The Morgan fingerprint density at radius 1 is 0.556 bits per heavy atom. The number of aromatic nitrogens is 1. The largest absolute Gasteiger partial charge is 0.378 e. The third-order valence-corrected chi connectivity index (χ3v) is 7.58. The average Bonchev–Trinajstić information content (AvgIpc) is 2.97. The molecule has 4 aromatic carbocycles. The van der Waals surface area contributed by atoms with E-state index in [1.54, 1.807) is 0 Å². The van der Waals surface area contributed by atoms with Crippen molar-refractivity contribution >= 4 is 44.0 Å². The molecule has 0 saturated carbocycles. The number of hydrogen-bond acceptors (Lipinski definition) is 4. The summed E-state index contributed by atoms with van der Waals surface area (Å²) in [5, 5.41) is 5.11. The van der Waals surface area contributed by atoms with Crippen molar-refractivity contribution in [1.82, 2.24) is 0 Å². The van der Waals surface area contributed by atoms with E-state index in [0.717, 1.165) is 52.6 Å². The highest BCUT2D eigenvalue weighted by Gasteiger charge is 2.24. The van der Waals surface area contributed by atoms with Gasteiger partial charge < -0.3 is 19.3 Å². The number of anilines is 2. The van der Waals surface area contributed by atoms with Gasteiger partial charge in [0, 0.05) is 66.9 Å². The molecule has 0 atom stereocenters. The number of benzene rings is 4. The summed E-state index contributed by atoms with van der Waals surface area (Å²) in [6, 6.07) is 31.3. The highest BCUT2D eigenvalue weighted by Crippen LogP contribution is 2.36. The van der Waals surface area contributed by atoms with Gasteiger partial charge in [-0.05, 0) is 23.6 Å². The van der Waals surface area contributed by atoms with Crippen LogP contribution in [0.15, 0.2) is 84.9 Å². The summed E-state index contributed by atoms with van der Waals surface area (Å²) in [6.07, 6.45) is 0. The van der Waals surface area contributed by atoms with Gasteiger partial charge in [0.15, 0.2) is 0 Å². The lowest BCUT2D eigenvalue weighted by Crippen LogP contribution is -2.38. The molecular weight excluding hydrogens is 446 g/mol. The molecule has 0 spiro atoms. The molecule has 7 rings (SSSR count). The molecule has 180 valence electrons. The van der Waals surface area contributed by atoms with E-state index >= 15 is 0 Å². The smallest absolute Gasteiger partial charge is 0.221 e. The van der Waals surface area contributed by atoms with Crippen molar-refractivity contribution < 1.29 is 14.0 Å². The molecule has 0 radical (unpaired) electrons. The standard InChI is InChI=1S/C31H30N3O2/c1-2-6-24(7-3-1)34-29-21-25(32-12-16-35-17-13-32)11-10-23(29)20-28-26-8-4-5-9-27(26)30(22-31(28)34)33-14-18-36-19-15-33/h1-11,20-22H,12-19H2/q+1. The summed E-state index contributed by atoms with van der Waals surface area (Å²) in [6.45, 7) is 6.78. The van der Waals surface area contributed by atoms with Crippen molar-refractivity contribution in [3.05, 3.63) is 84.9 Å². The van der Waals surface area contributed by atoms with E-state index in [2.05, 4.69) is 99.3 Å². The first-order valence-corrected chi connectivity index (χ1v) is 12.9. The minimum absolute atomic E-state index is 0.770. The van der Waals surface area contributed by atoms with Crippen molar-refractivity contribution in [1.29, 1.82) is 0 Å². The van der Waals surface area contributed by atoms with Crippen LogP contribution in [0.25, 0.3) is 38.3 Å². The van der Waals surface area contributed by atoms with Crippen molar-refractivity contribution in [3.63, 3.8) is 0 Å². The van der Waals surface area contributed by atoms with Crippen molar-refractivity contribution in [2.24, 2.45) is 0 Å². The predicted molar refractivity (Wildman–Crippen MR) is 147 cm³/mol. The summed E-state index contributed by atoms with van der Waals surface area (Å²) < 4.78 is 13.7. The normalized spacial score (nSPS) is 16.8. The summed E-state index contributed by atoms with van der Waals surface area (Å²) in [4.78, 5) is 4.91. The van der Waals surface area contributed by atoms with Gasteiger partial charge in [0.1, 0.15) is 0 Å². The van der Waals surface area contributed by atoms with Gasteiger partial charge in [0.05, 0.1) is 37.5 Å². The van der Waals surface area contributed by atoms with Crippen LogP contribution in [0.1, 0.15) is 0 Å². The zero-order valence-corrected chi connectivity index (χ0v) is 20.4. The second-order valence-electron chi connectivity index (χ2n) is 9.63. The summed E-state index contributed by atoms with van der Waals surface area (Å²) in [7, 11) is 0. The second-order valence-corrected chi connectivity index (χ2v) is 9.63. The lowest BCUT2D eigenvalue weighted by Gasteiger charge is -2.30. The van der Waals surface area contributed by atoms with E-state index < -0.39 is 0 Å². The van der Waals surface area contributed by atoms with E-state index in [-0.39, 0.29) is 0 Å². The van der Waals surface area contributed by atoms with Gasteiger partial charge in [0.25, 0.3) is 0 Å². The number of ether oxygens (including phenoxy) is 2. The van der Waals surface area contributed by atoms with Crippen LogP contribution in [0.2, 0.25) is 0 Å². The first-order chi connectivity index (χ1) is 17.9. The Kier molecular flexibility index (Phi) is 5.45. The minimum atomic E-state index is 0.770. The summed E-state index contributed by atoms with van der Waals surface area (Å²) in [5.41, 5.74) is 6.17. The Bertz CT molecular complexity index is 1560. The van der Waals surface area contributed by atoms with Crippen LogP contribution in [0.5, 0.6) is 0 Å². The molecule has 0 amide bonds. The second kappa shape index (κ2) is 9.08. The van der Waals surface area contributed by atoms with E-state index in [9.17, 15) is 0 Å². The highest BCUT2D eigenvalue weighted by molar-refractivity contribution is 6.13. The summed E-state index contributed by atoms with van der Waals surface area (Å²) >= 11 is 0. The lowest BCUT2D eigenvalue weighted by atomic mass is 9.99. The van der Waals surface area contributed by atoms with Crippen LogP contribution < -0.4 is 14.4 Å². The fraction of sp³-hybridized carbons (Fsp3) is 0.258. The maximum absolute atomic E-state index is 5.68. The molecule has 5 heteroatoms. The minimum Gasteiger partial charge on any atom is -0.378 e. The Labute approximate surface area is 211 Å². The number of rotatable bonds is 3. The maximum atomic E-state index is 5.68. The first-order valence-electron chi connectivity index (χ1n) is 12.9. The average molecular weight is 477 g/mol. The molecule has 0 bridgehead atoms. The van der Waals surface area contributed by atoms with Gasteiger partial charge in [-0.25, -0.2) is 0 Å². The molecule has 2 saturated heterocycles. The van der Waals surface area contributed by atoms with Gasteiger partial charge >= 0.3 is 0 Å². The monoisotopic (exact) mass is 476 g/mol. The molecule has 0 unspecified atom stereocenters. The topological polar surface area (TPSA) is 28.8 Å². The van der Waals surface area contributed by atoms with E-state index in [1.807, 2.05) is 0 Å². The number of morpholine rings is 2. The fourth-order valence-electron chi connectivity index (χ4n) is 5.77. The predicted octanol–water partition coefficient (Wildman–Crippen LogP) is 5.10. The molecule has 5 nitrogen and oxygen atoms in total. The molecule has 0 aliphatic carbocycles. The maximum Gasteiger partial charge on any atom is 0.221 e. The number of hydrogen-bond donors (Lipinski definition) is 0. The van der Waals surface area contributed by atoms with Gasteiger partial charge in [-0.1, -0.05) is 42.5 Å². The van der Waals surface area contributed by atoms with Crippen LogP contribution in [0.4, 0.5) is 11.4 Å². The highest BCUT2D eigenvalue weighted by atomic mass is 16.5. The van der Waals surface area contributed by atoms with E-state index in [0.29, 0.717) is 0 Å². The lowest BCUT2D eigenvalue weighted by molar-refractivity contribution is -0.537. The van der Waals surface area contributed by atoms with Gasteiger partial charge in [0.2, 0.25) is 16.7 Å². The Morgan fingerprint density at radius 2 is 1.22 bits per heavy atom. The Hall–Kier alpha value is -3.67. The van der Waals surface area contributed by atoms with E-state index in [1.165, 1.54) is 49.6 Å².